The van der Waals surface area contributed by atoms with Gasteiger partial charge in [-0.25, -0.2) is 0 Å². The lowest BCUT2D eigenvalue weighted by Gasteiger charge is -2.00. The first-order chi connectivity index (χ1) is 5.33. The molecule has 0 amide bonds. The van der Waals surface area contributed by atoms with E-state index in [-0.39, 0.29) is 0 Å². The van der Waals surface area contributed by atoms with Gasteiger partial charge in [-0.3, -0.25) is 5.84 Å². The van der Waals surface area contributed by atoms with E-state index in [0.717, 1.165) is 0 Å². The average Bonchev–Trinajstić information content (AvgIpc) is 2.06. The molecule has 0 aromatic heterocycles. The summed E-state index contributed by atoms with van der Waals surface area (Å²) in [5.41, 5.74) is 3.62. The monoisotopic (exact) mass is 166 g/mol. The first-order valence-corrected chi connectivity index (χ1v) is 3.77. The second-order valence-electron chi connectivity index (χ2n) is 2.23. The van der Waals surface area contributed by atoms with Crippen molar-refractivity contribution in [3.63, 3.8) is 0 Å². The van der Waals surface area contributed by atoms with Crippen LogP contribution < -0.4 is 11.3 Å². The van der Waals surface area contributed by atoms with Crippen molar-refractivity contribution in [3.05, 3.63) is 35.9 Å². The zero-order chi connectivity index (χ0) is 8.10. The third-order valence-corrected chi connectivity index (χ3v) is 1.63. The van der Waals surface area contributed by atoms with Gasteiger partial charge in [0.25, 0.3) is 0 Å². The number of hydrogen-bond donors (Lipinski definition) is 2. The lowest BCUT2D eigenvalue weighted by atomic mass is 10.2. The summed E-state index contributed by atoms with van der Waals surface area (Å²) < 4.78 is 0. The van der Waals surface area contributed by atoms with E-state index in [0.29, 0.717) is 11.4 Å². The zero-order valence-corrected chi connectivity index (χ0v) is 6.90. The summed E-state index contributed by atoms with van der Waals surface area (Å²) in [6.07, 6.45) is 0.715. The summed E-state index contributed by atoms with van der Waals surface area (Å²) in [7, 11) is 0. The molecule has 2 nitrogen and oxygen atoms in total. The number of hydrazine groups is 1. The van der Waals surface area contributed by atoms with Crippen LogP contribution in [0.4, 0.5) is 0 Å². The topological polar surface area (TPSA) is 38.0 Å². The molecule has 0 aliphatic carbocycles. The molecule has 0 heterocycles. The Hall–Kier alpha value is -0.930. The van der Waals surface area contributed by atoms with E-state index >= 15 is 0 Å². The number of rotatable bonds is 2. The SMILES string of the molecule is NNC(=S)Cc1ccccc1. The van der Waals surface area contributed by atoms with Crippen molar-refractivity contribution >= 4 is 17.2 Å². The second kappa shape index (κ2) is 4.05. The van der Waals surface area contributed by atoms with E-state index in [4.69, 9.17) is 18.1 Å². The number of benzene rings is 1. The molecule has 0 bridgehead atoms. The minimum atomic E-state index is 0.663. The van der Waals surface area contributed by atoms with Gasteiger partial charge in [-0.15, -0.1) is 0 Å². The molecule has 3 heteroatoms. The van der Waals surface area contributed by atoms with Crippen LogP contribution in [0.1, 0.15) is 5.56 Å². The third-order valence-electron chi connectivity index (χ3n) is 1.37. The minimum absolute atomic E-state index is 0.663. The molecule has 3 N–H and O–H groups in total. The van der Waals surface area contributed by atoms with Crippen LogP contribution in [0, 0.1) is 0 Å². The van der Waals surface area contributed by atoms with Crippen LogP contribution >= 0.6 is 12.2 Å². The van der Waals surface area contributed by atoms with Crippen molar-refractivity contribution in [1.29, 1.82) is 0 Å². The standard InChI is InChI=1S/C8H10N2S/c9-10-8(11)6-7-4-2-1-3-5-7/h1-5H,6,9H2,(H,10,11). The lowest BCUT2D eigenvalue weighted by Crippen LogP contribution is -2.29. The van der Waals surface area contributed by atoms with Crippen molar-refractivity contribution in [2.45, 2.75) is 6.42 Å². The van der Waals surface area contributed by atoms with Gasteiger partial charge >= 0.3 is 0 Å². The van der Waals surface area contributed by atoms with E-state index in [1.807, 2.05) is 30.3 Å². The molecule has 0 saturated carbocycles. The van der Waals surface area contributed by atoms with Crippen molar-refractivity contribution in [1.82, 2.24) is 5.43 Å². The minimum Gasteiger partial charge on any atom is -0.318 e. The highest BCUT2D eigenvalue weighted by atomic mass is 32.1. The Morgan fingerprint density at radius 3 is 2.55 bits per heavy atom. The van der Waals surface area contributed by atoms with Crippen molar-refractivity contribution in [2.24, 2.45) is 5.84 Å². The first kappa shape index (κ1) is 8.17. The number of nitrogens with one attached hydrogen (secondary N) is 1. The van der Waals surface area contributed by atoms with Crippen LogP contribution in [0.3, 0.4) is 0 Å². The highest BCUT2D eigenvalue weighted by Gasteiger charge is 1.94. The Bertz CT molecular complexity index is 233. The normalized spacial score (nSPS) is 9.18. The van der Waals surface area contributed by atoms with Crippen LogP contribution in [0.2, 0.25) is 0 Å². The zero-order valence-electron chi connectivity index (χ0n) is 6.08. The van der Waals surface area contributed by atoms with Gasteiger partial charge in [0.15, 0.2) is 0 Å². The Labute approximate surface area is 71.4 Å². The Balaban J connectivity index is 2.58. The number of thiocarbonyl (C=S) groups is 1. The fourth-order valence-electron chi connectivity index (χ4n) is 0.832. The van der Waals surface area contributed by atoms with Crippen LogP contribution in [-0.2, 0) is 6.42 Å². The maximum Gasteiger partial charge on any atom is 0.0937 e. The molecule has 58 valence electrons. The van der Waals surface area contributed by atoms with Gasteiger partial charge < -0.3 is 5.43 Å². The largest absolute Gasteiger partial charge is 0.318 e. The molecule has 1 aromatic carbocycles. The van der Waals surface area contributed by atoms with Gasteiger partial charge in [0.05, 0.1) is 4.99 Å². The molecule has 1 aromatic rings. The maximum atomic E-state index is 5.13. The van der Waals surface area contributed by atoms with Crippen LogP contribution in [0.25, 0.3) is 0 Å². The predicted molar refractivity (Wildman–Crippen MR) is 50.1 cm³/mol. The van der Waals surface area contributed by atoms with Gasteiger partial charge in [0.1, 0.15) is 0 Å². The molecule has 0 aliphatic heterocycles. The Morgan fingerprint density at radius 1 is 1.36 bits per heavy atom. The molecule has 0 unspecified atom stereocenters. The Morgan fingerprint density at radius 2 is 2.00 bits per heavy atom. The van der Waals surface area contributed by atoms with E-state index in [2.05, 4.69) is 5.43 Å². The predicted octanol–water partition coefficient (Wildman–Crippen LogP) is 1.02. The Kier molecular flexibility index (Phi) is 3.01. The van der Waals surface area contributed by atoms with Gasteiger partial charge in [0, 0.05) is 6.42 Å². The molecule has 0 radical (unpaired) electrons. The quantitative estimate of drug-likeness (QED) is 0.391. The third kappa shape index (κ3) is 2.65. The smallest absolute Gasteiger partial charge is 0.0937 e. The fourth-order valence-corrected chi connectivity index (χ4v) is 0.999. The molecule has 0 fully saturated rings. The number of nitrogens with two attached hydrogens (primary N) is 1. The summed E-state index contributed by atoms with van der Waals surface area (Å²) in [6, 6.07) is 9.97. The highest BCUT2D eigenvalue weighted by molar-refractivity contribution is 7.80. The highest BCUT2D eigenvalue weighted by Crippen LogP contribution is 1.99. The molecular weight excluding hydrogens is 156 g/mol. The van der Waals surface area contributed by atoms with Gasteiger partial charge in [0.2, 0.25) is 0 Å². The van der Waals surface area contributed by atoms with Gasteiger partial charge in [-0.05, 0) is 5.56 Å². The molecular formula is C8H10N2S. The second-order valence-corrected chi connectivity index (χ2v) is 2.72. The molecule has 0 saturated heterocycles. The molecule has 1 rings (SSSR count). The van der Waals surface area contributed by atoms with E-state index in [9.17, 15) is 0 Å². The summed E-state index contributed by atoms with van der Waals surface area (Å²) in [4.78, 5) is 0.663. The van der Waals surface area contributed by atoms with Crippen molar-refractivity contribution in [2.75, 3.05) is 0 Å². The van der Waals surface area contributed by atoms with Gasteiger partial charge in [-0.2, -0.15) is 0 Å². The van der Waals surface area contributed by atoms with Crippen molar-refractivity contribution < 1.29 is 0 Å². The molecule has 0 atom stereocenters. The molecule has 0 spiro atoms. The summed E-state index contributed by atoms with van der Waals surface area (Å²) in [6.45, 7) is 0. The summed E-state index contributed by atoms with van der Waals surface area (Å²) >= 11 is 4.90. The van der Waals surface area contributed by atoms with Crippen LogP contribution in [0.5, 0.6) is 0 Å². The van der Waals surface area contributed by atoms with Crippen molar-refractivity contribution in [3.8, 4) is 0 Å². The lowest BCUT2D eigenvalue weighted by molar-refractivity contribution is 1.02. The molecule has 11 heavy (non-hydrogen) atoms. The number of hydrogen-bond acceptors (Lipinski definition) is 2. The average molecular weight is 166 g/mol. The van der Waals surface area contributed by atoms with E-state index < -0.39 is 0 Å². The van der Waals surface area contributed by atoms with Crippen LogP contribution in [0.15, 0.2) is 30.3 Å². The van der Waals surface area contributed by atoms with E-state index in [1.165, 1.54) is 5.56 Å². The van der Waals surface area contributed by atoms with E-state index in [1.54, 1.807) is 0 Å². The first-order valence-electron chi connectivity index (χ1n) is 3.36. The summed E-state index contributed by atoms with van der Waals surface area (Å²) in [5, 5.41) is 0. The fraction of sp³-hybridized carbons (Fsp3) is 0.125. The van der Waals surface area contributed by atoms with Crippen LogP contribution in [-0.4, -0.2) is 4.99 Å². The van der Waals surface area contributed by atoms with Gasteiger partial charge in [-0.1, -0.05) is 42.5 Å². The maximum absolute atomic E-state index is 5.13. The molecule has 0 aliphatic rings. The summed E-state index contributed by atoms with van der Waals surface area (Å²) in [5.74, 6) is 5.13.